The lowest BCUT2D eigenvalue weighted by molar-refractivity contribution is 0.621. The number of benzene rings is 2. The Morgan fingerprint density at radius 1 is 1.00 bits per heavy atom. The summed E-state index contributed by atoms with van der Waals surface area (Å²) in [6.45, 7) is 0. The molecule has 0 aliphatic carbocycles. The summed E-state index contributed by atoms with van der Waals surface area (Å²) in [4.78, 5) is 1.16. The van der Waals surface area contributed by atoms with Crippen LogP contribution in [-0.2, 0) is 0 Å². The van der Waals surface area contributed by atoms with E-state index in [4.69, 9.17) is 16.7 Å². The molecular formula is C22H17ClN4S. The molecule has 1 atom stereocenters. The topological polar surface area (TPSA) is 42.2 Å². The van der Waals surface area contributed by atoms with Crippen LogP contribution in [0.5, 0.6) is 0 Å². The molecule has 0 bridgehead atoms. The fourth-order valence-electron chi connectivity index (χ4n) is 3.40. The summed E-state index contributed by atoms with van der Waals surface area (Å²) in [5, 5.41) is 12.3. The molecule has 0 saturated heterocycles. The van der Waals surface area contributed by atoms with Gasteiger partial charge < -0.3 is 5.43 Å². The third kappa shape index (κ3) is 3.23. The van der Waals surface area contributed by atoms with Crippen LogP contribution in [0.2, 0.25) is 5.02 Å². The van der Waals surface area contributed by atoms with Crippen molar-refractivity contribution in [2.75, 3.05) is 0 Å². The summed E-state index contributed by atoms with van der Waals surface area (Å²) in [6.07, 6.45) is 2.92. The molecule has 6 heteroatoms. The van der Waals surface area contributed by atoms with Gasteiger partial charge in [-0.1, -0.05) is 48.0 Å². The van der Waals surface area contributed by atoms with Crippen LogP contribution >= 0.6 is 22.9 Å². The maximum absolute atomic E-state index is 6.02. The van der Waals surface area contributed by atoms with E-state index in [0.29, 0.717) is 0 Å². The molecule has 3 heterocycles. The van der Waals surface area contributed by atoms with E-state index in [1.807, 2.05) is 47.1 Å². The maximum Gasteiger partial charge on any atom is 0.108 e. The van der Waals surface area contributed by atoms with Crippen molar-refractivity contribution in [3.05, 3.63) is 94.5 Å². The smallest absolute Gasteiger partial charge is 0.108 e. The van der Waals surface area contributed by atoms with Gasteiger partial charge in [-0.25, -0.2) is 4.68 Å². The number of hydrogen-bond donors (Lipinski definition) is 1. The summed E-state index contributed by atoms with van der Waals surface area (Å²) in [5.41, 5.74) is 8.63. The van der Waals surface area contributed by atoms with E-state index in [1.54, 1.807) is 11.3 Å². The van der Waals surface area contributed by atoms with Crippen LogP contribution in [0.15, 0.2) is 83.4 Å². The predicted octanol–water partition coefficient (Wildman–Crippen LogP) is 5.69. The molecule has 4 nitrogen and oxygen atoms in total. The van der Waals surface area contributed by atoms with Crippen LogP contribution in [0.1, 0.15) is 23.6 Å². The number of thiophene rings is 1. The van der Waals surface area contributed by atoms with Crippen LogP contribution in [0.4, 0.5) is 0 Å². The highest BCUT2D eigenvalue weighted by atomic mass is 35.5. The third-order valence-corrected chi connectivity index (χ3v) is 5.95. The van der Waals surface area contributed by atoms with Gasteiger partial charge in [-0.05, 0) is 41.3 Å². The second kappa shape index (κ2) is 7.26. The van der Waals surface area contributed by atoms with Crippen molar-refractivity contribution in [3.63, 3.8) is 0 Å². The van der Waals surface area contributed by atoms with Crippen molar-refractivity contribution in [2.24, 2.45) is 5.10 Å². The number of halogens is 1. The third-order valence-electron chi connectivity index (χ3n) is 4.82. The first-order valence-corrected chi connectivity index (χ1v) is 10.3. The predicted molar refractivity (Wildman–Crippen MR) is 115 cm³/mol. The van der Waals surface area contributed by atoms with Gasteiger partial charge in [0.2, 0.25) is 0 Å². The minimum Gasteiger partial charge on any atom is -0.302 e. The Morgan fingerprint density at radius 3 is 2.57 bits per heavy atom. The zero-order valence-electron chi connectivity index (χ0n) is 14.9. The molecule has 0 radical (unpaired) electrons. The van der Waals surface area contributed by atoms with Crippen LogP contribution in [0.3, 0.4) is 0 Å². The lowest BCUT2D eigenvalue weighted by Crippen LogP contribution is -2.10. The van der Waals surface area contributed by atoms with E-state index in [-0.39, 0.29) is 6.04 Å². The molecular weight excluding hydrogens is 388 g/mol. The van der Waals surface area contributed by atoms with Gasteiger partial charge in [-0.2, -0.15) is 10.2 Å². The number of para-hydroxylation sites is 1. The standard InChI is InChI=1S/C22H17ClN4S/c23-16-10-8-15(9-11-16)19-13-20(25-24-19)18-14-27(17-5-2-1-3-6-17)26-22(18)21-7-4-12-28-21/h1-12,14,20,25H,13H2. The molecule has 1 aliphatic rings. The SMILES string of the molecule is Clc1ccc(C2=NNC(c3cn(-c4ccccc4)nc3-c3cccs3)C2)cc1. The normalized spacial score (nSPS) is 16.0. The van der Waals surface area contributed by atoms with Gasteiger partial charge in [0.15, 0.2) is 0 Å². The zero-order valence-corrected chi connectivity index (χ0v) is 16.5. The molecule has 2 aromatic heterocycles. The maximum atomic E-state index is 6.02. The fourth-order valence-corrected chi connectivity index (χ4v) is 4.26. The molecule has 4 aromatic rings. The Morgan fingerprint density at radius 2 is 1.82 bits per heavy atom. The number of hydrazone groups is 1. The van der Waals surface area contributed by atoms with E-state index in [9.17, 15) is 0 Å². The number of rotatable bonds is 4. The van der Waals surface area contributed by atoms with Gasteiger partial charge >= 0.3 is 0 Å². The van der Waals surface area contributed by atoms with E-state index in [1.165, 1.54) is 0 Å². The largest absolute Gasteiger partial charge is 0.302 e. The Balaban J connectivity index is 1.49. The average molecular weight is 405 g/mol. The quantitative estimate of drug-likeness (QED) is 0.474. The summed E-state index contributed by atoms with van der Waals surface area (Å²) in [7, 11) is 0. The summed E-state index contributed by atoms with van der Waals surface area (Å²) < 4.78 is 1.95. The fraction of sp³-hybridized carbons (Fsp3) is 0.0909. The first-order chi connectivity index (χ1) is 13.8. The monoisotopic (exact) mass is 404 g/mol. The van der Waals surface area contributed by atoms with Crippen LogP contribution in [-0.4, -0.2) is 15.5 Å². The second-order valence-electron chi connectivity index (χ2n) is 6.64. The lowest BCUT2D eigenvalue weighted by atomic mass is 9.99. The van der Waals surface area contributed by atoms with Crippen molar-refractivity contribution in [1.82, 2.24) is 15.2 Å². The first-order valence-electron chi connectivity index (χ1n) is 9.05. The minimum absolute atomic E-state index is 0.0836. The van der Waals surface area contributed by atoms with E-state index < -0.39 is 0 Å². The average Bonchev–Trinajstić information content (AvgIpc) is 3.48. The molecule has 5 rings (SSSR count). The molecule has 1 N–H and O–H groups in total. The van der Waals surface area contributed by atoms with Crippen LogP contribution < -0.4 is 5.43 Å². The number of hydrogen-bond acceptors (Lipinski definition) is 4. The van der Waals surface area contributed by atoms with Crippen molar-refractivity contribution in [2.45, 2.75) is 12.5 Å². The summed E-state index contributed by atoms with van der Waals surface area (Å²) in [5.74, 6) is 0. The molecule has 0 amide bonds. The Kier molecular flexibility index (Phi) is 4.47. The summed E-state index contributed by atoms with van der Waals surface area (Å²) in [6, 6.07) is 22.3. The van der Waals surface area contributed by atoms with Gasteiger partial charge in [-0.3, -0.25) is 0 Å². The van der Waals surface area contributed by atoms with E-state index >= 15 is 0 Å². The molecule has 0 spiro atoms. The molecule has 0 saturated carbocycles. The Hall–Kier alpha value is -2.89. The number of aromatic nitrogens is 2. The van der Waals surface area contributed by atoms with E-state index in [2.05, 4.69) is 46.4 Å². The highest BCUT2D eigenvalue weighted by Gasteiger charge is 2.27. The van der Waals surface area contributed by atoms with Gasteiger partial charge in [0, 0.05) is 23.2 Å². The van der Waals surface area contributed by atoms with Gasteiger partial charge in [0.05, 0.1) is 22.3 Å². The lowest BCUT2D eigenvalue weighted by Gasteiger charge is -2.09. The highest BCUT2D eigenvalue weighted by Crippen LogP contribution is 2.35. The first kappa shape index (κ1) is 17.2. The number of nitrogens with zero attached hydrogens (tertiary/aromatic N) is 3. The van der Waals surface area contributed by atoms with Crippen molar-refractivity contribution in [3.8, 4) is 16.3 Å². The number of nitrogens with one attached hydrogen (secondary N) is 1. The second-order valence-corrected chi connectivity index (χ2v) is 8.03. The molecule has 2 aromatic carbocycles. The van der Waals surface area contributed by atoms with Crippen molar-refractivity contribution in [1.29, 1.82) is 0 Å². The van der Waals surface area contributed by atoms with Gasteiger partial charge in [0.1, 0.15) is 5.69 Å². The molecule has 1 unspecified atom stereocenters. The van der Waals surface area contributed by atoms with Crippen molar-refractivity contribution < 1.29 is 0 Å². The minimum atomic E-state index is 0.0836. The van der Waals surface area contributed by atoms with Crippen LogP contribution in [0, 0.1) is 0 Å². The zero-order chi connectivity index (χ0) is 18.9. The van der Waals surface area contributed by atoms with Gasteiger partial charge in [0.25, 0.3) is 0 Å². The van der Waals surface area contributed by atoms with Gasteiger partial charge in [-0.15, -0.1) is 11.3 Å². The summed E-state index contributed by atoms with van der Waals surface area (Å²) >= 11 is 7.72. The molecule has 0 fully saturated rings. The molecule has 138 valence electrons. The van der Waals surface area contributed by atoms with Crippen LogP contribution in [0.25, 0.3) is 16.3 Å². The highest BCUT2D eigenvalue weighted by molar-refractivity contribution is 7.13. The van der Waals surface area contributed by atoms with Crippen molar-refractivity contribution >= 4 is 28.6 Å². The molecule has 1 aliphatic heterocycles. The molecule has 28 heavy (non-hydrogen) atoms. The Labute approximate surface area is 172 Å². The Bertz CT molecular complexity index is 1120. The van der Waals surface area contributed by atoms with E-state index in [0.717, 1.165) is 44.5 Å².